The van der Waals surface area contributed by atoms with E-state index in [0.717, 1.165) is 21.5 Å². The molecule has 4 aromatic heterocycles. The maximum absolute atomic E-state index is 11.4. The molecule has 9 heteroatoms. The van der Waals surface area contributed by atoms with Crippen molar-refractivity contribution in [3.8, 4) is 11.4 Å². The first-order valence-corrected chi connectivity index (χ1v) is 8.11. The Bertz CT molecular complexity index is 1180. The molecule has 0 unspecified atom stereocenters. The predicted octanol–water partition coefficient (Wildman–Crippen LogP) is 1.39. The number of aromatic nitrogens is 6. The molecule has 4 heterocycles. The van der Waals surface area contributed by atoms with Gasteiger partial charge in [-0.25, -0.2) is 4.79 Å². The molecule has 0 radical (unpaired) electrons. The number of H-pyrrole nitrogens is 1. The first-order valence-electron chi connectivity index (χ1n) is 8.11. The van der Waals surface area contributed by atoms with Crippen molar-refractivity contribution in [2.75, 3.05) is 0 Å². The molecule has 0 spiro atoms. The van der Waals surface area contributed by atoms with Gasteiger partial charge in [0.05, 0.1) is 5.69 Å². The van der Waals surface area contributed by atoms with E-state index in [1.165, 1.54) is 17.2 Å². The number of hydrogen-bond donors (Lipinski definition) is 1. The fourth-order valence-electron chi connectivity index (χ4n) is 2.50. The number of rotatable bonds is 1. The third kappa shape index (κ3) is 4.45. The van der Waals surface area contributed by atoms with E-state index in [1.54, 1.807) is 19.4 Å². The Kier molecular flexibility index (Phi) is 7.04. The topological polar surface area (TPSA) is 98.5 Å². The minimum absolute atomic E-state index is 0. The van der Waals surface area contributed by atoms with Gasteiger partial charge in [-0.05, 0) is 36.3 Å². The average molecular weight is 451 g/mol. The predicted molar refractivity (Wildman–Crippen MR) is 102 cm³/mol. The maximum Gasteiger partial charge on any atom is 3.00 e. The zero-order valence-electron chi connectivity index (χ0n) is 15.8. The maximum atomic E-state index is 11.4. The summed E-state index contributed by atoms with van der Waals surface area (Å²) in [4.78, 5) is 37.6. The van der Waals surface area contributed by atoms with Crippen LogP contribution in [-0.2, 0) is 46.8 Å². The number of imidazole rings is 1. The number of nitrogens with one attached hydrogen (secondary N) is 1. The first kappa shape index (κ1) is 21.7. The molecule has 1 N–H and O–H groups in total. The van der Waals surface area contributed by atoms with E-state index in [0.29, 0.717) is 11.2 Å². The number of fused-ring (bicyclic) bond motifs is 1. The van der Waals surface area contributed by atoms with Crippen molar-refractivity contribution in [2.24, 2.45) is 14.1 Å². The summed E-state index contributed by atoms with van der Waals surface area (Å²) in [6, 6.07) is 7.79. The summed E-state index contributed by atoms with van der Waals surface area (Å²) in [5.74, 6) is 0. The normalized spacial score (nSPS) is 10.1. The molecule has 0 aliphatic heterocycles. The first-order chi connectivity index (χ1) is 12.9. The molecule has 0 saturated heterocycles. The molecular weight excluding hydrogens is 433 g/mol. The van der Waals surface area contributed by atoms with Gasteiger partial charge in [0.2, 0.25) is 5.56 Å². The smallest absolute Gasteiger partial charge is 0.455 e. The largest absolute Gasteiger partial charge is 3.00 e. The van der Waals surface area contributed by atoms with Gasteiger partial charge in [0.15, 0.2) is 0 Å². The van der Waals surface area contributed by atoms with Gasteiger partial charge in [0.1, 0.15) is 0 Å². The quantitative estimate of drug-likeness (QED) is 0.441. The van der Waals surface area contributed by atoms with E-state index in [-0.39, 0.29) is 38.3 Å². The van der Waals surface area contributed by atoms with Crippen LogP contribution in [0.3, 0.4) is 0 Å². The Balaban J connectivity index is 0.000000194. The zero-order valence-corrected chi connectivity index (χ0v) is 18.6. The summed E-state index contributed by atoms with van der Waals surface area (Å²) in [7, 11) is 2.98. The van der Waals surface area contributed by atoms with Crippen LogP contribution in [0.1, 0.15) is 11.1 Å². The molecule has 0 bridgehead atoms. The van der Waals surface area contributed by atoms with Crippen LogP contribution in [0.25, 0.3) is 22.6 Å². The Morgan fingerprint density at radius 1 is 1.04 bits per heavy atom. The van der Waals surface area contributed by atoms with Crippen LogP contribution >= 0.6 is 0 Å². The van der Waals surface area contributed by atoms with Gasteiger partial charge >= 0.3 is 38.4 Å². The fraction of sp³-hybridized carbons (Fsp3) is 0.158. The number of hydrogen-bond acceptors (Lipinski definition) is 5. The van der Waals surface area contributed by atoms with Crippen LogP contribution < -0.4 is 11.2 Å². The van der Waals surface area contributed by atoms with Crippen LogP contribution in [0.4, 0.5) is 0 Å². The van der Waals surface area contributed by atoms with Crippen LogP contribution in [0.5, 0.6) is 0 Å². The summed E-state index contributed by atoms with van der Waals surface area (Å²) in [5, 5.41) is 0. The summed E-state index contributed by atoms with van der Waals surface area (Å²) in [6.45, 7) is 5.90. The Labute approximate surface area is 186 Å². The summed E-state index contributed by atoms with van der Waals surface area (Å²) >= 11 is 0. The van der Waals surface area contributed by atoms with E-state index >= 15 is 0 Å². The van der Waals surface area contributed by atoms with E-state index in [1.807, 2.05) is 31.2 Å². The standard InChI is InChI=1S/C12H11N2.C7H7N4O2.Y/c1-9-3-5-13-11(7-9)12-8-10(2)4-6-14-12;1-10-5-4(8-3-9-5)6(12)11(2)7(10)13;/h3-8H,1H2,2H3;1-2H3,(H,8,9);/q2*-1;+3. The van der Waals surface area contributed by atoms with Crippen molar-refractivity contribution in [1.82, 2.24) is 29.1 Å². The fourth-order valence-corrected chi connectivity index (χ4v) is 2.50. The molecule has 0 atom stereocenters. The van der Waals surface area contributed by atoms with Crippen molar-refractivity contribution < 1.29 is 32.7 Å². The van der Waals surface area contributed by atoms with Gasteiger partial charge in [-0.3, -0.25) is 19.3 Å². The third-order valence-electron chi connectivity index (χ3n) is 3.98. The van der Waals surface area contributed by atoms with Crippen molar-refractivity contribution >= 4 is 11.2 Å². The van der Waals surface area contributed by atoms with Crippen LogP contribution in [-0.4, -0.2) is 29.1 Å². The van der Waals surface area contributed by atoms with Gasteiger partial charge in [-0.2, -0.15) is 12.5 Å². The summed E-state index contributed by atoms with van der Waals surface area (Å²) in [5.41, 5.74) is 3.77. The number of nitrogens with zero attached hydrogens (tertiary/aromatic N) is 5. The van der Waals surface area contributed by atoms with Crippen LogP contribution in [0.2, 0.25) is 0 Å². The van der Waals surface area contributed by atoms with E-state index in [4.69, 9.17) is 0 Å². The second-order valence-electron chi connectivity index (χ2n) is 6.02. The van der Waals surface area contributed by atoms with E-state index in [2.05, 4.69) is 33.2 Å². The number of aryl methyl sites for hydroxylation is 2. The molecule has 0 fully saturated rings. The number of pyridine rings is 2. The van der Waals surface area contributed by atoms with Crippen molar-refractivity contribution in [1.29, 1.82) is 0 Å². The Morgan fingerprint density at radius 3 is 2.32 bits per heavy atom. The number of aromatic amines is 1. The van der Waals surface area contributed by atoms with Gasteiger partial charge in [0, 0.05) is 38.0 Å². The molecule has 138 valence electrons. The SMILES string of the molecule is Cn1c(=O)c2[nH][c-]nc2n(C)c1=O.[CH2-]c1ccnc(-c2cc(C)ccn2)c1.[Y+3]. The minimum Gasteiger partial charge on any atom is -0.455 e. The van der Waals surface area contributed by atoms with Gasteiger partial charge in [-0.15, -0.1) is 12.1 Å². The average Bonchev–Trinajstić information content (AvgIpc) is 3.15. The molecule has 28 heavy (non-hydrogen) atoms. The molecule has 0 aliphatic carbocycles. The molecule has 0 aromatic carbocycles. The monoisotopic (exact) mass is 451 g/mol. The molecule has 4 rings (SSSR count). The van der Waals surface area contributed by atoms with Crippen LogP contribution in [0.15, 0.2) is 46.2 Å². The van der Waals surface area contributed by atoms with Crippen molar-refractivity contribution in [2.45, 2.75) is 6.92 Å². The van der Waals surface area contributed by atoms with Crippen molar-refractivity contribution in [3.63, 3.8) is 0 Å². The summed E-state index contributed by atoms with van der Waals surface area (Å²) < 4.78 is 2.32. The third-order valence-corrected chi connectivity index (χ3v) is 3.98. The van der Waals surface area contributed by atoms with E-state index in [9.17, 15) is 9.59 Å². The second kappa shape index (κ2) is 9.08. The minimum atomic E-state index is -0.391. The molecule has 0 saturated carbocycles. The Morgan fingerprint density at radius 2 is 1.68 bits per heavy atom. The molecule has 0 aliphatic rings. The summed E-state index contributed by atoms with van der Waals surface area (Å²) in [6.07, 6.45) is 5.97. The zero-order chi connectivity index (χ0) is 19.6. The van der Waals surface area contributed by atoms with E-state index < -0.39 is 5.69 Å². The second-order valence-corrected chi connectivity index (χ2v) is 6.02. The molecular formula is C19H18N6O2Y+. The Hall–Kier alpha value is -2.58. The van der Waals surface area contributed by atoms with Gasteiger partial charge in [-0.1, -0.05) is 0 Å². The molecule has 4 aromatic rings. The molecule has 0 amide bonds. The van der Waals surface area contributed by atoms with Gasteiger partial charge < -0.3 is 14.5 Å². The van der Waals surface area contributed by atoms with Crippen molar-refractivity contribution in [3.05, 3.63) is 81.9 Å². The molecule has 8 nitrogen and oxygen atoms in total. The van der Waals surface area contributed by atoms with Gasteiger partial charge in [0.25, 0.3) is 0 Å². The van der Waals surface area contributed by atoms with Crippen LogP contribution in [0, 0.1) is 20.2 Å².